The average Bonchev–Trinajstić information content (AvgIpc) is 3.15. The van der Waals surface area contributed by atoms with Gasteiger partial charge in [-0.25, -0.2) is 4.79 Å². The van der Waals surface area contributed by atoms with Crippen LogP contribution >= 0.6 is 0 Å². The number of likely N-dealkylation sites (N-methyl/N-ethyl adjacent to an activating group) is 1. The lowest BCUT2D eigenvalue weighted by molar-refractivity contribution is -0.253. The highest BCUT2D eigenvalue weighted by Gasteiger charge is 2.33. The zero-order valence-electron chi connectivity index (χ0n) is 28.1. The molecule has 0 radical (unpaired) electrons. The number of rotatable bonds is 12. The molecule has 4 atom stereocenters. The minimum Gasteiger partial charge on any atom is -0.445 e. The van der Waals surface area contributed by atoms with Gasteiger partial charge in [0.25, 0.3) is 0 Å². The van der Waals surface area contributed by atoms with Crippen LogP contribution in [0.1, 0.15) is 59.6 Å². The molecule has 1 amide bonds. The van der Waals surface area contributed by atoms with Crippen molar-refractivity contribution in [3.05, 3.63) is 156 Å². The Morgan fingerprint density at radius 1 is 0.898 bits per heavy atom. The van der Waals surface area contributed by atoms with E-state index >= 15 is 0 Å². The van der Waals surface area contributed by atoms with Crippen molar-refractivity contribution in [2.45, 2.75) is 51.0 Å². The molecule has 6 rings (SSSR count). The Hall–Kier alpha value is -4.79. The van der Waals surface area contributed by atoms with Crippen molar-refractivity contribution in [2.75, 3.05) is 20.2 Å². The van der Waals surface area contributed by atoms with E-state index in [2.05, 4.69) is 97.5 Å². The minimum atomic E-state index is -0.574. The summed E-state index contributed by atoms with van der Waals surface area (Å²) in [5.74, 6) is 0. The summed E-state index contributed by atoms with van der Waals surface area (Å²) in [4.78, 5) is 14.3. The zero-order valence-corrected chi connectivity index (χ0v) is 28.1. The highest BCUT2D eigenvalue weighted by molar-refractivity contribution is 5.83. The average molecular weight is 657 g/mol. The van der Waals surface area contributed by atoms with E-state index in [9.17, 15) is 9.90 Å². The van der Waals surface area contributed by atoms with Gasteiger partial charge in [0.1, 0.15) is 6.61 Å². The largest absolute Gasteiger partial charge is 0.445 e. The molecule has 0 spiro atoms. The van der Waals surface area contributed by atoms with Gasteiger partial charge in [-0.15, -0.1) is 0 Å². The molecule has 0 aromatic heterocycles. The van der Waals surface area contributed by atoms with Crippen LogP contribution in [-0.4, -0.2) is 42.4 Å². The molecular weight excluding hydrogens is 612 g/mol. The topological polar surface area (TPSA) is 80.3 Å². The third-order valence-corrected chi connectivity index (χ3v) is 9.21. The molecule has 4 unspecified atom stereocenters. The summed E-state index contributed by atoms with van der Waals surface area (Å²) in [5, 5.41) is 14.9. The fourth-order valence-electron chi connectivity index (χ4n) is 6.32. The van der Waals surface area contributed by atoms with E-state index in [-0.39, 0.29) is 31.5 Å². The Kier molecular flexibility index (Phi) is 11.2. The molecule has 1 fully saturated rings. The Labute approximate surface area is 288 Å². The lowest BCUT2D eigenvalue weighted by Crippen LogP contribution is -2.38. The lowest BCUT2D eigenvalue weighted by atomic mass is 9.97. The maximum atomic E-state index is 11.9. The molecule has 0 bridgehead atoms. The van der Waals surface area contributed by atoms with Gasteiger partial charge in [0, 0.05) is 31.1 Å². The molecule has 7 heteroatoms. The molecule has 252 valence electrons. The van der Waals surface area contributed by atoms with Crippen molar-refractivity contribution in [2.24, 2.45) is 0 Å². The molecule has 1 saturated heterocycles. The minimum absolute atomic E-state index is 0.00106. The summed E-state index contributed by atoms with van der Waals surface area (Å²) in [7, 11) is 2.15. The number of hydrogen-bond acceptors (Lipinski definition) is 6. The van der Waals surface area contributed by atoms with E-state index in [1.165, 1.54) is 22.4 Å². The summed E-state index contributed by atoms with van der Waals surface area (Å²) in [5.41, 5.74) is 7.12. The standard InChI is InChI=1S/C42H44N2O5/c1-4-21-47-42(46)43-26-31-9-7-12-35(22-31)37-13-8-14-38(24-37)41-48-39(25-40(49-41)33-17-15-30(28-45)16-18-33)27-44(3)29(2)34-20-19-32-10-5-6-11-36(32)23-34/h4-20,22-24,29,39-41,45H,1,21,25-28H2,2-3H3,(H,43,46). The number of aliphatic hydroxyl groups excluding tert-OH is 1. The molecule has 1 aliphatic rings. The number of nitrogens with zero attached hydrogens (tertiary/aromatic N) is 1. The van der Waals surface area contributed by atoms with Crippen LogP contribution in [0.2, 0.25) is 0 Å². The Bertz CT molecular complexity index is 1870. The Balaban J connectivity index is 1.21. The molecule has 1 aliphatic heterocycles. The van der Waals surface area contributed by atoms with E-state index in [1.807, 2.05) is 48.5 Å². The second-order valence-electron chi connectivity index (χ2n) is 12.6. The maximum absolute atomic E-state index is 11.9. The Morgan fingerprint density at radius 3 is 2.43 bits per heavy atom. The molecule has 5 aromatic carbocycles. The molecule has 49 heavy (non-hydrogen) atoms. The monoisotopic (exact) mass is 656 g/mol. The van der Waals surface area contributed by atoms with Crippen LogP contribution in [0.5, 0.6) is 0 Å². The van der Waals surface area contributed by atoms with Gasteiger partial charge in [-0.1, -0.05) is 110 Å². The zero-order chi connectivity index (χ0) is 34.2. The Morgan fingerprint density at radius 2 is 1.65 bits per heavy atom. The van der Waals surface area contributed by atoms with Crippen molar-refractivity contribution in [1.82, 2.24) is 10.2 Å². The van der Waals surface area contributed by atoms with Crippen LogP contribution < -0.4 is 5.32 Å². The van der Waals surface area contributed by atoms with Crippen LogP contribution in [0.3, 0.4) is 0 Å². The smallest absolute Gasteiger partial charge is 0.407 e. The number of carbonyl (C=O) groups is 1. The first-order chi connectivity index (χ1) is 23.9. The van der Waals surface area contributed by atoms with E-state index in [1.54, 1.807) is 0 Å². The molecular formula is C42H44N2O5. The SMILES string of the molecule is C=CCOC(=O)NCc1cccc(-c2cccc(C3OC(CN(C)C(C)c4ccc5ccccc5c4)CC(c4ccc(CO)cc4)O3)c2)c1. The van der Waals surface area contributed by atoms with Gasteiger partial charge in [-0.05, 0) is 76.3 Å². The van der Waals surface area contributed by atoms with Crippen molar-refractivity contribution >= 4 is 16.9 Å². The number of benzene rings is 5. The van der Waals surface area contributed by atoms with Gasteiger partial charge >= 0.3 is 6.09 Å². The number of hydrogen-bond donors (Lipinski definition) is 2. The van der Waals surface area contributed by atoms with Crippen LogP contribution in [-0.2, 0) is 27.4 Å². The predicted octanol–water partition coefficient (Wildman–Crippen LogP) is 8.65. The van der Waals surface area contributed by atoms with Crippen molar-refractivity contribution in [3.8, 4) is 11.1 Å². The summed E-state index contributed by atoms with van der Waals surface area (Å²) in [6.07, 6.45) is 0.914. The maximum Gasteiger partial charge on any atom is 0.407 e. The third-order valence-electron chi connectivity index (χ3n) is 9.21. The first-order valence-electron chi connectivity index (χ1n) is 16.8. The first-order valence-corrected chi connectivity index (χ1v) is 16.8. The van der Waals surface area contributed by atoms with E-state index in [4.69, 9.17) is 14.2 Å². The van der Waals surface area contributed by atoms with E-state index in [0.29, 0.717) is 13.0 Å². The highest BCUT2D eigenvalue weighted by atomic mass is 16.7. The third kappa shape index (κ3) is 8.63. The van der Waals surface area contributed by atoms with Gasteiger partial charge in [0.2, 0.25) is 0 Å². The van der Waals surface area contributed by atoms with Crippen molar-refractivity contribution < 1.29 is 24.1 Å². The van der Waals surface area contributed by atoms with E-state index in [0.717, 1.165) is 39.9 Å². The second-order valence-corrected chi connectivity index (χ2v) is 12.6. The molecule has 0 aliphatic carbocycles. The molecule has 2 N–H and O–H groups in total. The molecule has 1 heterocycles. The summed E-state index contributed by atoms with van der Waals surface area (Å²) in [6.45, 7) is 7.05. The second kappa shape index (κ2) is 16.1. The van der Waals surface area contributed by atoms with Gasteiger partial charge in [0.15, 0.2) is 6.29 Å². The number of aliphatic hydroxyl groups is 1. The summed E-state index contributed by atoms with van der Waals surface area (Å²) < 4.78 is 18.4. The highest BCUT2D eigenvalue weighted by Crippen LogP contribution is 2.39. The van der Waals surface area contributed by atoms with Gasteiger partial charge < -0.3 is 24.6 Å². The molecule has 7 nitrogen and oxygen atoms in total. The predicted molar refractivity (Wildman–Crippen MR) is 194 cm³/mol. The molecule has 0 saturated carbocycles. The number of ether oxygens (including phenoxy) is 3. The van der Waals surface area contributed by atoms with Gasteiger partial charge in [-0.2, -0.15) is 0 Å². The molecule has 5 aromatic rings. The van der Waals surface area contributed by atoms with Gasteiger partial charge in [-0.3, -0.25) is 4.90 Å². The number of alkyl carbamates (subject to hydrolysis) is 1. The van der Waals surface area contributed by atoms with Crippen molar-refractivity contribution in [1.29, 1.82) is 0 Å². The lowest BCUT2D eigenvalue weighted by Gasteiger charge is -2.39. The fraction of sp³-hybridized carbons (Fsp3) is 0.262. The van der Waals surface area contributed by atoms with Crippen LogP contribution in [0.4, 0.5) is 4.79 Å². The van der Waals surface area contributed by atoms with Gasteiger partial charge in [0.05, 0.1) is 18.8 Å². The number of fused-ring (bicyclic) bond motifs is 1. The summed E-state index contributed by atoms with van der Waals surface area (Å²) in [6, 6.07) is 39.6. The first kappa shape index (κ1) is 34.1. The number of amides is 1. The number of nitrogens with one attached hydrogen (secondary N) is 1. The van der Waals surface area contributed by atoms with Crippen LogP contribution in [0.25, 0.3) is 21.9 Å². The quantitative estimate of drug-likeness (QED) is 0.131. The van der Waals surface area contributed by atoms with Crippen LogP contribution in [0.15, 0.2) is 128 Å². The fourth-order valence-corrected chi connectivity index (χ4v) is 6.32. The van der Waals surface area contributed by atoms with E-state index < -0.39 is 12.4 Å². The number of carbonyl (C=O) groups excluding carboxylic acids is 1. The van der Waals surface area contributed by atoms with Crippen LogP contribution in [0, 0.1) is 0 Å². The normalized spacial score (nSPS) is 18.2. The van der Waals surface area contributed by atoms with Crippen molar-refractivity contribution in [3.63, 3.8) is 0 Å². The summed E-state index contributed by atoms with van der Waals surface area (Å²) >= 11 is 0.